The maximum Gasteiger partial charge on any atom is 0.273 e. The van der Waals surface area contributed by atoms with Gasteiger partial charge in [0.15, 0.2) is 11.6 Å². The van der Waals surface area contributed by atoms with Gasteiger partial charge in [-0.2, -0.15) is 0 Å². The molecule has 0 bridgehead atoms. The van der Waals surface area contributed by atoms with Gasteiger partial charge in [0.05, 0.1) is 0 Å². The molecule has 1 saturated heterocycles. The van der Waals surface area contributed by atoms with Gasteiger partial charge in [-0.05, 0) is 25.8 Å². The first-order valence-electron chi connectivity index (χ1n) is 12.8. The van der Waals surface area contributed by atoms with E-state index in [4.69, 9.17) is 4.42 Å². The largest absolute Gasteiger partial charge is 0.448 e. The molecular formula is C25H45N3O2. The molecule has 1 aliphatic rings. The van der Waals surface area contributed by atoms with Gasteiger partial charge >= 0.3 is 0 Å². The van der Waals surface area contributed by atoms with Crippen LogP contribution in [0.1, 0.15) is 132 Å². The Morgan fingerprint density at radius 3 is 2.17 bits per heavy atom. The van der Waals surface area contributed by atoms with Crippen molar-refractivity contribution >= 4 is 5.91 Å². The van der Waals surface area contributed by atoms with Crippen molar-refractivity contribution in [1.29, 1.82) is 0 Å². The molecule has 1 aromatic rings. The van der Waals surface area contributed by atoms with Crippen molar-refractivity contribution in [3.05, 3.63) is 17.8 Å². The van der Waals surface area contributed by atoms with Crippen LogP contribution in [0.25, 0.3) is 0 Å². The maximum absolute atomic E-state index is 12.2. The summed E-state index contributed by atoms with van der Waals surface area (Å²) in [5, 5.41) is 6.34. The van der Waals surface area contributed by atoms with E-state index in [1.54, 1.807) is 0 Å². The van der Waals surface area contributed by atoms with Crippen LogP contribution in [-0.4, -0.2) is 30.5 Å². The third-order valence-corrected chi connectivity index (χ3v) is 6.22. The maximum atomic E-state index is 12.2. The Morgan fingerprint density at radius 1 is 1.00 bits per heavy atom. The van der Waals surface area contributed by atoms with Gasteiger partial charge in [-0.1, -0.05) is 90.4 Å². The predicted molar refractivity (Wildman–Crippen MR) is 124 cm³/mol. The number of nitrogens with zero attached hydrogens (tertiary/aromatic N) is 1. The minimum atomic E-state index is -0.108. The number of carbonyl (C=O) groups is 1. The third kappa shape index (κ3) is 10.6. The van der Waals surface area contributed by atoms with Crippen LogP contribution in [0.5, 0.6) is 0 Å². The number of amides is 1. The Balaban J connectivity index is 1.38. The highest BCUT2D eigenvalue weighted by atomic mass is 16.3. The molecule has 172 valence electrons. The van der Waals surface area contributed by atoms with Gasteiger partial charge in [-0.15, -0.1) is 0 Å². The average Bonchev–Trinajstić information content (AvgIpc) is 3.27. The first-order chi connectivity index (χ1) is 14.8. The second-order valence-corrected chi connectivity index (χ2v) is 8.97. The van der Waals surface area contributed by atoms with E-state index >= 15 is 0 Å². The SMILES string of the molecule is CCCCCCCCCCCCCCCCNC(=O)c1coc(C2CCCNC2)n1. The van der Waals surface area contributed by atoms with Gasteiger partial charge in [-0.3, -0.25) is 4.79 Å². The highest BCUT2D eigenvalue weighted by Gasteiger charge is 2.21. The summed E-state index contributed by atoms with van der Waals surface area (Å²) >= 11 is 0. The molecule has 2 rings (SSSR count). The number of oxazole rings is 1. The summed E-state index contributed by atoms with van der Waals surface area (Å²) in [5.41, 5.74) is 0.418. The number of nitrogens with one attached hydrogen (secondary N) is 2. The number of carbonyl (C=O) groups excluding carboxylic acids is 1. The van der Waals surface area contributed by atoms with Crippen molar-refractivity contribution in [3.8, 4) is 0 Å². The lowest BCUT2D eigenvalue weighted by Gasteiger charge is -2.19. The highest BCUT2D eigenvalue weighted by Crippen LogP contribution is 2.22. The quantitative estimate of drug-likeness (QED) is 0.289. The molecule has 0 aliphatic carbocycles. The number of aromatic nitrogens is 1. The first-order valence-corrected chi connectivity index (χ1v) is 12.8. The lowest BCUT2D eigenvalue weighted by molar-refractivity contribution is 0.0948. The van der Waals surface area contributed by atoms with Crippen LogP contribution in [0, 0.1) is 0 Å². The molecular weight excluding hydrogens is 374 g/mol. The molecule has 1 atom stereocenters. The zero-order valence-electron chi connectivity index (χ0n) is 19.4. The minimum absolute atomic E-state index is 0.108. The van der Waals surface area contributed by atoms with E-state index in [1.807, 2.05) is 0 Å². The second kappa shape index (κ2) is 16.3. The van der Waals surface area contributed by atoms with Crippen LogP contribution in [0.3, 0.4) is 0 Å². The fourth-order valence-corrected chi connectivity index (χ4v) is 4.25. The van der Waals surface area contributed by atoms with E-state index in [0.717, 1.165) is 38.9 Å². The highest BCUT2D eigenvalue weighted by molar-refractivity contribution is 5.91. The van der Waals surface area contributed by atoms with E-state index in [1.165, 1.54) is 89.7 Å². The molecule has 1 aromatic heterocycles. The van der Waals surface area contributed by atoms with Crippen molar-refractivity contribution in [1.82, 2.24) is 15.6 Å². The van der Waals surface area contributed by atoms with Crippen molar-refractivity contribution in [3.63, 3.8) is 0 Å². The number of rotatable bonds is 17. The summed E-state index contributed by atoms with van der Waals surface area (Å²) in [6, 6.07) is 0. The van der Waals surface area contributed by atoms with E-state index in [9.17, 15) is 4.79 Å². The molecule has 0 spiro atoms. The lowest BCUT2D eigenvalue weighted by atomic mass is 10.00. The number of hydrogen-bond donors (Lipinski definition) is 2. The lowest BCUT2D eigenvalue weighted by Crippen LogP contribution is -2.29. The smallest absolute Gasteiger partial charge is 0.273 e. The second-order valence-electron chi connectivity index (χ2n) is 8.97. The van der Waals surface area contributed by atoms with Gasteiger partial charge < -0.3 is 15.1 Å². The molecule has 2 heterocycles. The minimum Gasteiger partial charge on any atom is -0.448 e. The summed E-state index contributed by atoms with van der Waals surface area (Å²) in [6.45, 7) is 4.95. The van der Waals surface area contributed by atoms with Gasteiger partial charge in [0, 0.05) is 19.0 Å². The third-order valence-electron chi connectivity index (χ3n) is 6.22. The Hall–Kier alpha value is -1.36. The molecule has 5 heteroatoms. The van der Waals surface area contributed by atoms with Gasteiger partial charge in [0.1, 0.15) is 6.26 Å². The molecule has 1 fully saturated rings. The Morgan fingerprint density at radius 2 is 1.60 bits per heavy atom. The normalized spacial score (nSPS) is 16.6. The van der Waals surface area contributed by atoms with Gasteiger partial charge in [0.2, 0.25) is 0 Å². The van der Waals surface area contributed by atoms with Crippen LogP contribution in [0.15, 0.2) is 10.7 Å². The molecule has 0 aromatic carbocycles. The molecule has 0 saturated carbocycles. The summed E-state index contributed by atoms with van der Waals surface area (Å²) in [4.78, 5) is 16.6. The predicted octanol–water partition coefficient (Wildman–Crippen LogP) is 6.35. The number of piperidine rings is 1. The first kappa shape index (κ1) is 24.9. The van der Waals surface area contributed by atoms with Crippen LogP contribution in [-0.2, 0) is 0 Å². The molecule has 30 heavy (non-hydrogen) atoms. The van der Waals surface area contributed by atoms with E-state index in [2.05, 4.69) is 22.5 Å². The van der Waals surface area contributed by atoms with Gasteiger partial charge in [-0.25, -0.2) is 4.98 Å². The fraction of sp³-hybridized carbons (Fsp3) is 0.840. The summed E-state index contributed by atoms with van der Waals surface area (Å²) in [7, 11) is 0. The number of unbranched alkanes of at least 4 members (excludes halogenated alkanes) is 13. The number of hydrogen-bond acceptors (Lipinski definition) is 4. The van der Waals surface area contributed by atoms with Crippen molar-refractivity contribution in [2.45, 2.75) is 116 Å². The molecule has 1 unspecified atom stereocenters. The van der Waals surface area contributed by atoms with Gasteiger partial charge in [0.25, 0.3) is 5.91 Å². The van der Waals surface area contributed by atoms with Crippen LogP contribution >= 0.6 is 0 Å². The zero-order chi connectivity index (χ0) is 21.3. The average molecular weight is 420 g/mol. The Kier molecular flexibility index (Phi) is 13.6. The molecule has 0 radical (unpaired) electrons. The molecule has 1 aliphatic heterocycles. The van der Waals surface area contributed by atoms with Crippen LogP contribution in [0.2, 0.25) is 0 Å². The van der Waals surface area contributed by atoms with E-state index < -0.39 is 0 Å². The Labute approximate surface area is 184 Å². The zero-order valence-corrected chi connectivity index (χ0v) is 19.4. The van der Waals surface area contributed by atoms with E-state index in [-0.39, 0.29) is 5.91 Å². The summed E-state index contributed by atoms with van der Waals surface area (Å²) < 4.78 is 5.54. The topological polar surface area (TPSA) is 67.2 Å². The summed E-state index contributed by atoms with van der Waals surface area (Å²) in [5.74, 6) is 0.887. The molecule has 2 N–H and O–H groups in total. The van der Waals surface area contributed by atoms with E-state index in [0.29, 0.717) is 17.5 Å². The van der Waals surface area contributed by atoms with Crippen LogP contribution < -0.4 is 10.6 Å². The van der Waals surface area contributed by atoms with Crippen molar-refractivity contribution in [2.24, 2.45) is 0 Å². The molecule has 1 amide bonds. The Bertz CT molecular complexity index is 552. The standard InChI is InChI=1S/C25H45N3O2/c1-2-3-4-5-6-7-8-9-10-11-12-13-14-15-19-27-24(29)23-21-30-25(28-23)22-17-16-18-26-20-22/h21-22,26H,2-20H2,1H3,(H,27,29). The summed E-state index contributed by atoms with van der Waals surface area (Å²) in [6.07, 6.45) is 22.6. The fourth-order valence-electron chi connectivity index (χ4n) is 4.25. The molecule has 5 nitrogen and oxygen atoms in total. The van der Waals surface area contributed by atoms with Crippen molar-refractivity contribution < 1.29 is 9.21 Å². The van der Waals surface area contributed by atoms with Crippen LogP contribution in [0.4, 0.5) is 0 Å². The monoisotopic (exact) mass is 419 g/mol. The van der Waals surface area contributed by atoms with Crippen molar-refractivity contribution in [2.75, 3.05) is 19.6 Å².